The summed E-state index contributed by atoms with van der Waals surface area (Å²) in [4.78, 5) is 15.9. The molecular weight excluding hydrogens is 474 g/mol. The van der Waals surface area contributed by atoms with E-state index in [4.69, 9.17) is 9.47 Å². The molecule has 36 heavy (non-hydrogen) atoms. The van der Waals surface area contributed by atoms with Crippen molar-refractivity contribution in [3.05, 3.63) is 24.0 Å². The highest BCUT2D eigenvalue weighted by Gasteiger charge is 3.11. The van der Waals surface area contributed by atoms with E-state index in [1.165, 1.54) is 40.0 Å². The van der Waals surface area contributed by atoms with Crippen LogP contribution in [-0.2, 0) is 9.47 Å². The van der Waals surface area contributed by atoms with Crippen LogP contribution in [0, 0.1) is 16.7 Å². The zero-order chi connectivity index (χ0) is 26.8. The third kappa shape index (κ3) is 1.77. The summed E-state index contributed by atoms with van der Waals surface area (Å²) in [6.07, 6.45) is -2.30. The zero-order valence-corrected chi connectivity index (χ0v) is 20.9. The van der Waals surface area contributed by atoms with Crippen molar-refractivity contribution in [2.75, 3.05) is 0 Å². The smallest absolute Gasteiger partial charge is 0.355 e. The molecule has 4 saturated carbocycles. The molecule has 2 aliphatic heterocycles. The van der Waals surface area contributed by atoms with Crippen molar-refractivity contribution in [2.24, 2.45) is 16.7 Å². The summed E-state index contributed by atoms with van der Waals surface area (Å²) in [5, 5.41) is 85.4. The molecule has 1 aromatic rings. The normalized spacial score (nSPS) is 58.8. The number of hydrogen-bond donors (Lipinski definition) is 8. The summed E-state index contributed by atoms with van der Waals surface area (Å²) in [7, 11) is 0. The number of aromatic nitrogens is 1. The van der Waals surface area contributed by atoms with Gasteiger partial charge in [0.2, 0.25) is 0 Å². The standard InChI is InChI=1S/C25H35NO10/c1-12-8-9-20(30)18(4)11-21(31)19(5)22(32,17(2,3)29)16(35-15(28)13-7-6-10-26-13)23(18,33)25(19,34)24(20,36-21)14(12)27/h6-7,10,12,14,16,26-27,29-34H,8-9,11H2,1-5H3/t12-,14+,16+,18-,19-,20-,21-,22-,23+,24+,25+/m0/s1. The van der Waals surface area contributed by atoms with E-state index in [1.54, 1.807) is 13.0 Å². The average Bonchev–Trinajstić information content (AvgIpc) is 3.40. The molecule has 8 N–H and O–H groups in total. The van der Waals surface area contributed by atoms with Gasteiger partial charge < -0.3 is 50.2 Å². The summed E-state index contributed by atoms with van der Waals surface area (Å²) < 4.78 is 11.9. The van der Waals surface area contributed by atoms with E-state index in [2.05, 4.69) is 4.98 Å². The highest BCUT2D eigenvalue weighted by Crippen LogP contribution is 2.90. The fourth-order valence-corrected chi connectivity index (χ4v) is 9.57. The second-order valence-corrected chi connectivity index (χ2v) is 12.7. The fraction of sp³-hybridized carbons (Fsp3) is 0.800. The van der Waals surface area contributed by atoms with Crippen LogP contribution in [0.3, 0.4) is 0 Å². The van der Waals surface area contributed by atoms with Crippen molar-refractivity contribution in [3.63, 3.8) is 0 Å². The summed E-state index contributed by atoms with van der Waals surface area (Å²) >= 11 is 0. The van der Waals surface area contributed by atoms with E-state index >= 15 is 0 Å². The predicted octanol–water partition coefficient (Wildman–Crippen LogP) is -1.07. The van der Waals surface area contributed by atoms with Crippen LogP contribution >= 0.6 is 0 Å². The largest absolute Gasteiger partial charge is 0.451 e. The third-order valence-corrected chi connectivity index (χ3v) is 11.3. The monoisotopic (exact) mass is 509 g/mol. The minimum atomic E-state index is -2.77. The SMILES string of the molecule is C[C@H]1CC[C@]2(O)[C@]3(C)C[C@]4(O)O[C@@]2([C@@H]1O)[C@]1(O)[C@@]3(O)[C@H](OC(=O)c2ccc[nH]2)[C@](O)(C(C)(C)O)[C@@]14C. The van der Waals surface area contributed by atoms with Gasteiger partial charge in [-0.3, -0.25) is 0 Å². The summed E-state index contributed by atoms with van der Waals surface area (Å²) in [6, 6.07) is 2.95. The number of H-pyrrole nitrogens is 1. The molecule has 7 rings (SSSR count). The van der Waals surface area contributed by atoms with Crippen molar-refractivity contribution in [3.8, 4) is 0 Å². The minimum absolute atomic E-state index is 0.00323. The van der Waals surface area contributed by atoms with E-state index in [0.29, 0.717) is 6.42 Å². The molecule has 11 heteroatoms. The second-order valence-electron chi connectivity index (χ2n) is 12.7. The van der Waals surface area contributed by atoms with Gasteiger partial charge in [0.1, 0.15) is 28.1 Å². The highest BCUT2D eigenvalue weighted by atomic mass is 16.7. The van der Waals surface area contributed by atoms with E-state index in [0.717, 1.165) is 0 Å². The molecule has 200 valence electrons. The number of nitrogens with one attached hydrogen (secondary N) is 1. The lowest BCUT2D eigenvalue weighted by Crippen LogP contribution is -2.76. The molecule has 0 unspecified atom stereocenters. The third-order valence-electron chi connectivity index (χ3n) is 11.3. The Morgan fingerprint density at radius 1 is 1.19 bits per heavy atom. The predicted molar refractivity (Wildman–Crippen MR) is 120 cm³/mol. The maximum atomic E-state index is 13.2. The summed E-state index contributed by atoms with van der Waals surface area (Å²) in [5.41, 5.74) is -19.0. The number of aromatic amines is 1. The van der Waals surface area contributed by atoms with Crippen molar-refractivity contribution in [2.45, 2.75) is 105 Å². The van der Waals surface area contributed by atoms with Crippen LogP contribution in [0.15, 0.2) is 18.3 Å². The first-order valence-corrected chi connectivity index (χ1v) is 12.4. The van der Waals surface area contributed by atoms with Crippen LogP contribution in [0.1, 0.15) is 64.4 Å². The quantitative estimate of drug-likeness (QED) is 0.233. The van der Waals surface area contributed by atoms with E-state index < -0.39 is 80.7 Å². The maximum Gasteiger partial charge on any atom is 0.355 e. The summed E-state index contributed by atoms with van der Waals surface area (Å²) in [6.45, 7) is 6.78. The molecule has 2 saturated heterocycles. The Morgan fingerprint density at radius 3 is 2.39 bits per heavy atom. The van der Waals surface area contributed by atoms with Gasteiger partial charge in [-0.05, 0) is 51.7 Å². The van der Waals surface area contributed by atoms with Gasteiger partial charge >= 0.3 is 5.97 Å². The number of ether oxygens (including phenoxy) is 2. The van der Waals surface area contributed by atoms with Crippen LogP contribution in [0.25, 0.3) is 0 Å². The van der Waals surface area contributed by atoms with Gasteiger partial charge in [0.05, 0.1) is 17.1 Å². The number of hydrogen-bond acceptors (Lipinski definition) is 10. The van der Waals surface area contributed by atoms with Crippen LogP contribution in [0.4, 0.5) is 0 Å². The topological polar surface area (TPSA) is 193 Å². The Labute approximate surface area is 207 Å². The molecule has 6 aliphatic rings. The van der Waals surface area contributed by atoms with Gasteiger partial charge in [-0.2, -0.15) is 0 Å². The molecule has 3 heterocycles. The molecule has 6 bridgehead atoms. The van der Waals surface area contributed by atoms with Gasteiger partial charge in [-0.15, -0.1) is 0 Å². The van der Waals surface area contributed by atoms with Crippen molar-refractivity contribution in [1.82, 2.24) is 4.98 Å². The molecule has 1 spiro atoms. The molecule has 0 radical (unpaired) electrons. The molecular formula is C25H35NO10. The summed E-state index contributed by atoms with van der Waals surface area (Å²) in [5.74, 6) is -3.96. The minimum Gasteiger partial charge on any atom is -0.451 e. The Balaban J connectivity index is 1.71. The van der Waals surface area contributed by atoms with Gasteiger partial charge in [-0.25, -0.2) is 4.79 Å². The second kappa shape index (κ2) is 6.02. The lowest BCUT2D eigenvalue weighted by Gasteiger charge is -2.60. The van der Waals surface area contributed by atoms with Crippen molar-refractivity contribution in [1.29, 1.82) is 0 Å². The van der Waals surface area contributed by atoms with Crippen molar-refractivity contribution < 1.29 is 50.0 Å². The molecule has 1 aromatic heterocycles. The molecule has 6 fully saturated rings. The van der Waals surface area contributed by atoms with Crippen LogP contribution in [-0.4, -0.2) is 98.3 Å². The van der Waals surface area contributed by atoms with E-state index in [9.17, 15) is 40.5 Å². The maximum absolute atomic E-state index is 13.2. The zero-order valence-electron chi connectivity index (χ0n) is 20.9. The van der Waals surface area contributed by atoms with Crippen LogP contribution < -0.4 is 0 Å². The Morgan fingerprint density at radius 2 is 1.83 bits per heavy atom. The van der Waals surface area contributed by atoms with Crippen molar-refractivity contribution >= 4 is 5.97 Å². The number of aliphatic hydroxyl groups excluding tert-OH is 1. The molecule has 4 aliphatic carbocycles. The van der Waals surface area contributed by atoms with E-state index in [1.807, 2.05) is 0 Å². The first-order chi connectivity index (χ1) is 16.3. The fourth-order valence-electron chi connectivity index (χ4n) is 9.57. The van der Waals surface area contributed by atoms with Gasteiger partial charge in [-0.1, -0.05) is 13.8 Å². The van der Waals surface area contributed by atoms with E-state index in [-0.39, 0.29) is 12.1 Å². The average molecular weight is 510 g/mol. The number of rotatable bonds is 3. The number of esters is 1. The van der Waals surface area contributed by atoms with Crippen LogP contribution in [0.5, 0.6) is 0 Å². The Bertz CT molecular complexity index is 1170. The highest BCUT2D eigenvalue weighted by molar-refractivity contribution is 5.87. The molecule has 11 nitrogen and oxygen atoms in total. The number of carbonyl (C=O) groups is 1. The number of aliphatic hydroxyl groups is 7. The lowest BCUT2D eigenvalue weighted by molar-refractivity contribution is -0.392. The first kappa shape index (κ1) is 24.7. The number of carbonyl (C=O) groups excluding carboxylic acids is 1. The van der Waals surface area contributed by atoms with Gasteiger partial charge in [0.15, 0.2) is 17.5 Å². The Hall–Kier alpha value is -1.57. The Kier molecular flexibility index (Phi) is 4.14. The molecule has 0 aromatic carbocycles. The van der Waals surface area contributed by atoms with Crippen LogP contribution in [0.2, 0.25) is 0 Å². The first-order valence-electron chi connectivity index (χ1n) is 12.4. The van der Waals surface area contributed by atoms with Gasteiger partial charge in [0, 0.05) is 18.0 Å². The van der Waals surface area contributed by atoms with Gasteiger partial charge in [0.25, 0.3) is 0 Å². The molecule has 11 atom stereocenters. The lowest BCUT2D eigenvalue weighted by atomic mass is 9.52. The molecule has 0 amide bonds.